The molecule has 1 heterocycles. The maximum absolute atomic E-state index is 14.0. The lowest BCUT2D eigenvalue weighted by molar-refractivity contribution is 0.585. The van der Waals surface area contributed by atoms with E-state index in [0.29, 0.717) is 5.69 Å². The number of azo groups is 1. The zero-order chi connectivity index (χ0) is 21.9. The molecule has 1 aromatic heterocycles. The predicted molar refractivity (Wildman–Crippen MR) is 121 cm³/mol. The van der Waals surface area contributed by atoms with Crippen LogP contribution in [-0.4, -0.2) is 4.98 Å². The van der Waals surface area contributed by atoms with Gasteiger partial charge < -0.3 is 0 Å². The van der Waals surface area contributed by atoms with Crippen molar-refractivity contribution >= 4 is 11.4 Å². The van der Waals surface area contributed by atoms with Crippen molar-refractivity contribution in [2.24, 2.45) is 10.2 Å². The molecule has 4 bridgehead atoms. The van der Waals surface area contributed by atoms with Crippen LogP contribution in [-0.2, 0) is 25.7 Å². The Bertz CT molecular complexity index is 1280. The first-order valence-corrected chi connectivity index (χ1v) is 10.7. The van der Waals surface area contributed by atoms with Gasteiger partial charge in [-0.05, 0) is 89.4 Å². The number of halogens is 2. The van der Waals surface area contributed by atoms with Gasteiger partial charge in [0.15, 0.2) is 17.3 Å². The van der Waals surface area contributed by atoms with Crippen LogP contribution in [0.5, 0.6) is 0 Å². The number of nitrogens with zero attached hydrogens (tertiary/aromatic N) is 3. The fourth-order valence-electron chi connectivity index (χ4n) is 4.11. The van der Waals surface area contributed by atoms with Crippen molar-refractivity contribution in [1.29, 1.82) is 0 Å². The number of rotatable bonds is 3. The van der Waals surface area contributed by atoms with Crippen molar-refractivity contribution in [1.82, 2.24) is 4.98 Å². The number of benzene rings is 3. The summed E-state index contributed by atoms with van der Waals surface area (Å²) in [7, 11) is 0. The van der Waals surface area contributed by atoms with Gasteiger partial charge in [-0.3, -0.25) is 4.98 Å². The molecule has 0 saturated carbocycles. The Hall–Kier alpha value is -3.73. The highest BCUT2D eigenvalue weighted by molar-refractivity contribution is 5.68. The molecule has 0 N–H and O–H groups in total. The van der Waals surface area contributed by atoms with Crippen molar-refractivity contribution in [2.75, 3.05) is 0 Å². The van der Waals surface area contributed by atoms with E-state index >= 15 is 0 Å². The Morgan fingerprint density at radius 2 is 1.31 bits per heavy atom. The Morgan fingerprint density at radius 1 is 0.656 bits per heavy atom. The van der Waals surface area contributed by atoms with Crippen LogP contribution >= 0.6 is 0 Å². The smallest absolute Gasteiger partial charge is 0.157 e. The van der Waals surface area contributed by atoms with Crippen LogP contribution in [0.1, 0.15) is 22.3 Å². The number of hydrogen-bond donors (Lipinski definition) is 0. The summed E-state index contributed by atoms with van der Waals surface area (Å²) in [5.74, 6) is -1.44. The highest BCUT2D eigenvalue weighted by Crippen LogP contribution is 2.31. The van der Waals surface area contributed by atoms with E-state index < -0.39 is 11.6 Å². The minimum Gasteiger partial charge on any atom is -0.265 e. The second-order valence-corrected chi connectivity index (χ2v) is 7.96. The van der Waals surface area contributed by atoms with E-state index in [1.54, 1.807) is 0 Å². The second-order valence-electron chi connectivity index (χ2n) is 7.96. The Kier molecular flexibility index (Phi) is 5.55. The summed E-state index contributed by atoms with van der Waals surface area (Å²) in [5, 5.41) is 8.16. The molecule has 0 radical (unpaired) electrons. The van der Waals surface area contributed by atoms with E-state index in [9.17, 15) is 8.78 Å². The zero-order valence-electron chi connectivity index (χ0n) is 17.4. The quantitative estimate of drug-likeness (QED) is 0.317. The van der Waals surface area contributed by atoms with Crippen molar-refractivity contribution in [2.45, 2.75) is 25.7 Å². The van der Waals surface area contributed by atoms with Crippen LogP contribution in [0.3, 0.4) is 0 Å². The lowest BCUT2D eigenvalue weighted by Crippen LogP contribution is -2.00. The molecule has 4 aromatic rings. The molecule has 0 unspecified atom stereocenters. The minimum absolute atomic E-state index is 0.359. The topological polar surface area (TPSA) is 37.6 Å². The number of hydrogen-bond acceptors (Lipinski definition) is 3. The van der Waals surface area contributed by atoms with Gasteiger partial charge in [-0.25, -0.2) is 8.78 Å². The van der Waals surface area contributed by atoms with E-state index in [0.717, 1.165) is 36.8 Å². The summed E-state index contributed by atoms with van der Waals surface area (Å²) in [6.07, 6.45) is 6.92. The highest BCUT2D eigenvalue weighted by atomic mass is 19.1. The van der Waals surface area contributed by atoms with Gasteiger partial charge in [0.2, 0.25) is 0 Å². The lowest BCUT2D eigenvalue weighted by atomic mass is 9.90. The number of pyridine rings is 1. The third-order valence-corrected chi connectivity index (χ3v) is 5.88. The van der Waals surface area contributed by atoms with E-state index in [1.165, 1.54) is 40.5 Å². The summed E-state index contributed by atoms with van der Waals surface area (Å²) < 4.78 is 27.9. The molecule has 4 aliphatic carbocycles. The standard InChI is InChI=1S/C27H21F2N3/c28-24-2-1-3-25(29)27(24)32-31-26-17-19-5-9-20-8-4-18(6-10-22(26)11-7-19)16-23(20)21-12-14-30-15-13-21/h1-4,7-8,11-17H,5-6,9-10H2. The molecule has 5 heteroatoms. The molecule has 0 saturated heterocycles. The van der Waals surface area contributed by atoms with Crippen LogP contribution in [0.25, 0.3) is 11.1 Å². The highest BCUT2D eigenvalue weighted by Gasteiger charge is 2.13. The van der Waals surface area contributed by atoms with Gasteiger partial charge in [0.1, 0.15) is 0 Å². The summed E-state index contributed by atoms with van der Waals surface area (Å²) in [4.78, 5) is 4.14. The first-order chi connectivity index (χ1) is 15.7. The maximum atomic E-state index is 14.0. The van der Waals surface area contributed by atoms with E-state index in [1.807, 2.05) is 30.6 Å². The summed E-state index contributed by atoms with van der Waals surface area (Å²) in [5.41, 5.74) is 7.34. The molecule has 0 amide bonds. The minimum atomic E-state index is -0.718. The number of aryl methyl sites for hydroxylation is 4. The molecule has 3 aromatic carbocycles. The van der Waals surface area contributed by atoms with Gasteiger partial charge in [-0.15, -0.1) is 5.11 Å². The summed E-state index contributed by atoms with van der Waals surface area (Å²) >= 11 is 0. The third-order valence-electron chi connectivity index (χ3n) is 5.88. The Labute approximate surface area is 185 Å². The molecule has 0 fully saturated rings. The third kappa shape index (κ3) is 4.19. The van der Waals surface area contributed by atoms with E-state index in [2.05, 4.69) is 45.5 Å². The molecule has 0 atom stereocenters. The SMILES string of the molecule is Fc1cccc(F)c1N=Nc1cc2ccc1CCc1ccc(c(-c3ccncc3)c1)CC2. The zero-order valence-corrected chi connectivity index (χ0v) is 17.4. The van der Waals surface area contributed by atoms with Gasteiger partial charge in [0, 0.05) is 12.4 Å². The molecule has 0 spiro atoms. The molecule has 158 valence electrons. The van der Waals surface area contributed by atoms with E-state index in [-0.39, 0.29) is 5.69 Å². The molecule has 4 aliphatic rings. The van der Waals surface area contributed by atoms with Gasteiger partial charge in [-0.2, -0.15) is 5.11 Å². The normalized spacial score (nSPS) is 13.3. The largest absolute Gasteiger partial charge is 0.265 e. The molecule has 32 heavy (non-hydrogen) atoms. The van der Waals surface area contributed by atoms with Gasteiger partial charge >= 0.3 is 0 Å². The van der Waals surface area contributed by atoms with Crippen LogP contribution < -0.4 is 0 Å². The van der Waals surface area contributed by atoms with Crippen molar-refractivity contribution in [3.8, 4) is 11.1 Å². The van der Waals surface area contributed by atoms with Crippen molar-refractivity contribution < 1.29 is 8.78 Å². The average molecular weight is 425 g/mol. The molecule has 3 nitrogen and oxygen atoms in total. The van der Waals surface area contributed by atoms with Crippen LogP contribution in [0.4, 0.5) is 20.2 Å². The van der Waals surface area contributed by atoms with Gasteiger partial charge in [0.25, 0.3) is 0 Å². The molecule has 0 aliphatic heterocycles. The van der Waals surface area contributed by atoms with Gasteiger partial charge in [-0.1, -0.05) is 36.4 Å². The van der Waals surface area contributed by atoms with Crippen molar-refractivity contribution in [3.05, 3.63) is 113 Å². The van der Waals surface area contributed by atoms with Gasteiger partial charge in [0.05, 0.1) is 5.69 Å². The second kappa shape index (κ2) is 8.79. The monoisotopic (exact) mass is 425 g/mol. The molecular weight excluding hydrogens is 404 g/mol. The van der Waals surface area contributed by atoms with Crippen LogP contribution in [0.15, 0.2) is 89.4 Å². The summed E-state index contributed by atoms with van der Waals surface area (Å²) in [6.45, 7) is 0. The first kappa shape index (κ1) is 20.2. The number of aromatic nitrogens is 1. The van der Waals surface area contributed by atoms with E-state index in [4.69, 9.17) is 0 Å². The first-order valence-electron chi connectivity index (χ1n) is 10.7. The summed E-state index contributed by atoms with van der Waals surface area (Å²) in [6, 6.07) is 20.6. The fraction of sp³-hybridized carbons (Fsp3) is 0.148. The fourth-order valence-corrected chi connectivity index (χ4v) is 4.11. The average Bonchev–Trinajstić information content (AvgIpc) is 2.81. The van der Waals surface area contributed by atoms with Crippen LogP contribution in [0, 0.1) is 11.6 Å². The molecule has 8 rings (SSSR count). The lowest BCUT2D eigenvalue weighted by Gasteiger charge is -2.15. The molecular formula is C27H21F2N3. The predicted octanol–water partition coefficient (Wildman–Crippen LogP) is 7.33. The maximum Gasteiger partial charge on any atom is 0.157 e. The van der Waals surface area contributed by atoms with Crippen molar-refractivity contribution in [3.63, 3.8) is 0 Å². The van der Waals surface area contributed by atoms with Crippen LogP contribution in [0.2, 0.25) is 0 Å². The Morgan fingerprint density at radius 3 is 2.06 bits per heavy atom. The Balaban J connectivity index is 1.50.